The van der Waals surface area contributed by atoms with Gasteiger partial charge in [0.15, 0.2) is 0 Å². The molecule has 1 amide bonds. The summed E-state index contributed by atoms with van der Waals surface area (Å²) in [5, 5.41) is 0.739. The summed E-state index contributed by atoms with van der Waals surface area (Å²) in [5.74, 6) is 0.0873. The molecule has 3 rings (SSSR count). The Morgan fingerprint density at radius 3 is 2.13 bits per heavy atom. The molecule has 4 nitrogen and oxygen atoms in total. The Balaban J connectivity index is 1.61. The van der Waals surface area contributed by atoms with E-state index in [4.69, 9.17) is 17.3 Å². The summed E-state index contributed by atoms with van der Waals surface area (Å²) in [5.41, 5.74) is 8.50. The molecule has 0 unspecified atom stereocenters. The molecule has 1 aliphatic heterocycles. The average molecular weight is 330 g/mol. The highest BCUT2D eigenvalue weighted by molar-refractivity contribution is 6.30. The van der Waals surface area contributed by atoms with Gasteiger partial charge in [-0.05, 0) is 42.0 Å². The number of carbonyl (C=O) groups excluding carboxylic acids is 1. The fourth-order valence-corrected chi connectivity index (χ4v) is 2.91. The predicted molar refractivity (Wildman–Crippen MR) is 93.9 cm³/mol. The van der Waals surface area contributed by atoms with Gasteiger partial charge in [0.25, 0.3) is 5.91 Å². The smallest absolute Gasteiger partial charge is 0.253 e. The van der Waals surface area contributed by atoms with Crippen molar-refractivity contribution in [2.45, 2.75) is 6.54 Å². The van der Waals surface area contributed by atoms with Crippen molar-refractivity contribution < 1.29 is 4.79 Å². The van der Waals surface area contributed by atoms with Gasteiger partial charge in [0.2, 0.25) is 0 Å². The minimum atomic E-state index is 0.0873. The molecule has 23 heavy (non-hydrogen) atoms. The molecule has 5 heteroatoms. The van der Waals surface area contributed by atoms with Crippen molar-refractivity contribution in [2.75, 3.05) is 31.1 Å². The number of halogens is 1. The summed E-state index contributed by atoms with van der Waals surface area (Å²) >= 11 is 5.93. The van der Waals surface area contributed by atoms with Crippen molar-refractivity contribution in [2.24, 2.45) is 5.73 Å². The van der Waals surface area contributed by atoms with Crippen molar-refractivity contribution in [1.82, 2.24) is 4.90 Å². The SMILES string of the molecule is NCc1ccc(C(=O)N2CCN(c3ccc(Cl)cc3)CC2)cc1. The number of rotatable bonds is 3. The minimum absolute atomic E-state index is 0.0873. The van der Waals surface area contributed by atoms with E-state index in [0.717, 1.165) is 48.0 Å². The molecule has 0 aromatic heterocycles. The highest BCUT2D eigenvalue weighted by Crippen LogP contribution is 2.20. The molecule has 1 fully saturated rings. The van der Waals surface area contributed by atoms with Gasteiger partial charge in [-0.25, -0.2) is 0 Å². The Bertz CT molecular complexity index is 662. The third-order valence-electron chi connectivity index (χ3n) is 4.20. The fourth-order valence-electron chi connectivity index (χ4n) is 2.79. The van der Waals surface area contributed by atoms with Gasteiger partial charge in [0.05, 0.1) is 0 Å². The number of hydrogen-bond acceptors (Lipinski definition) is 3. The lowest BCUT2D eigenvalue weighted by Gasteiger charge is -2.36. The van der Waals surface area contributed by atoms with Gasteiger partial charge >= 0.3 is 0 Å². The van der Waals surface area contributed by atoms with Crippen molar-refractivity contribution in [3.63, 3.8) is 0 Å². The van der Waals surface area contributed by atoms with Crippen molar-refractivity contribution in [1.29, 1.82) is 0 Å². The maximum absolute atomic E-state index is 12.5. The second kappa shape index (κ2) is 7.02. The van der Waals surface area contributed by atoms with Crippen LogP contribution in [0.5, 0.6) is 0 Å². The van der Waals surface area contributed by atoms with Crippen LogP contribution in [0.2, 0.25) is 5.02 Å². The summed E-state index contributed by atoms with van der Waals surface area (Å²) in [6, 6.07) is 15.4. The number of nitrogens with zero attached hydrogens (tertiary/aromatic N) is 2. The van der Waals surface area contributed by atoms with Crippen LogP contribution in [0, 0.1) is 0 Å². The van der Waals surface area contributed by atoms with Crippen LogP contribution in [-0.4, -0.2) is 37.0 Å². The first-order valence-corrected chi connectivity index (χ1v) is 8.14. The van der Waals surface area contributed by atoms with Crippen LogP contribution in [0.3, 0.4) is 0 Å². The molecule has 1 aliphatic rings. The second-order valence-electron chi connectivity index (χ2n) is 5.66. The Morgan fingerprint density at radius 2 is 1.57 bits per heavy atom. The number of benzene rings is 2. The van der Waals surface area contributed by atoms with E-state index in [1.165, 1.54) is 0 Å². The Kier molecular flexibility index (Phi) is 4.84. The monoisotopic (exact) mass is 329 g/mol. The van der Waals surface area contributed by atoms with Crippen molar-refractivity contribution in [3.8, 4) is 0 Å². The third kappa shape index (κ3) is 3.66. The lowest BCUT2D eigenvalue weighted by Crippen LogP contribution is -2.48. The molecule has 0 bridgehead atoms. The predicted octanol–water partition coefficient (Wildman–Crippen LogP) is 2.76. The number of hydrogen-bond donors (Lipinski definition) is 1. The largest absolute Gasteiger partial charge is 0.368 e. The molecule has 1 heterocycles. The van der Waals surface area contributed by atoms with Gasteiger partial charge in [-0.1, -0.05) is 23.7 Å². The summed E-state index contributed by atoms with van der Waals surface area (Å²) in [6.45, 7) is 3.59. The van der Waals surface area contributed by atoms with Gasteiger partial charge in [-0.3, -0.25) is 4.79 Å². The molecule has 0 aliphatic carbocycles. The number of anilines is 1. The number of nitrogens with two attached hydrogens (primary N) is 1. The van der Waals surface area contributed by atoms with E-state index >= 15 is 0 Å². The number of carbonyl (C=O) groups is 1. The van der Waals surface area contributed by atoms with Gasteiger partial charge in [-0.2, -0.15) is 0 Å². The van der Waals surface area contributed by atoms with E-state index in [2.05, 4.69) is 4.90 Å². The van der Waals surface area contributed by atoms with Crippen LogP contribution in [-0.2, 0) is 6.54 Å². The summed E-state index contributed by atoms with van der Waals surface area (Å²) in [6.07, 6.45) is 0. The average Bonchev–Trinajstić information content (AvgIpc) is 2.62. The van der Waals surface area contributed by atoms with E-state index in [-0.39, 0.29) is 5.91 Å². The topological polar surface area (TPSA) is 49.6 Å². The van der Waals surface area contributed by atoms with Gasteiger partial charge in [0.1, 0.15) is 0 Å². The maximum Gasteiger partial charge on any atom is 0.253 e. The molecule has 0 radical (unpaired) electrons. The first kappa shape index (κ1) is 15.8. The van der Waals surface area contributed by atoms with Crippen LogP contribution < -0.4 is 10.6 Å². The molecule has 2 aromatic carbocycles. The van der Waals surface area contributed by atoms with Crippen molar-refractivity contribution >= 4 is 23.2 Å². The highest BCUT2D eigenvalue weighted by Gasteiger charge is 2.22. The molecule has 1 saturated heterocycles. The van der Waals surface area contributed by atoms with E-state index in [1.54, 1.807) is 0 Å². The summed E-state index contributed by atoms with van der Waals surface area (Å²) < 4.78 is 0. The van der Waals surface area contributed by atoms with E-state index in [9.17, 15) is 4.79 Å². The first-order chi connectivity index (χ1) is 11.2. The zero-order valence-electron chi connectivity index (χ0n) is 12.9. The normalized spacial score (nSPS) is 14.9. The van der Waals surface area contributed by atoms with Crippen LogP contribution >= 0.6 is 11.6 Å². The molecule has 0 atom stereocenters. The zero-order chi connectivity index (χ0) is 16.2. The fraction of sp³-hybridized carbons (Fsp3) is 0.278. The molecule has 0 saturated carbocycles. The van der Waals surface area contributed by atoms with E-state index < -0.39 is 0 Å². The Labute approximate surface area is 141 Å². The molecule has 120 valence electrons. The van der Waals surface area contributed by atoms with Crippen LogP contribution in [0.25, 0.3) is 0 Å². The Hall–Kier alpha value is -2.04. The molecule has 0 spiro atoms. The highest BCUT2D eigenvalue weighted by atomic mass is 35.5. The van der Waals surface area contributed by atoms with Gasteiger partial charge < -0.3 is 15.5 Å². The van der Waals surface area contributed by atoms with Crippen molar-refractivity contribution in [3.05, 3.63) is 64.7 Å². The molecule has 2 N–H and O–H groups in total. The van der Waals surface area contributed by atoms with Gasteiger partial charge in [-0.15, -0.1) is 0 Å². The standard InChI is InChI=1S/C18H20ClN3O/c19-16-5-7-17(8-6-16)21-9-11-22(12-10-21)18(23)15-3-1-14(13-20)2-4-15/h1-8H,9-13,20H2. The first-order valence-electron chi connectivity index (χ1n) is 7.76. The van der Waals surface area contributed by atoms with Crippen LogP contribution in [0.15, 0.2) is 48.5 Å². The number of amides is 1. The lowest BCUT2D eigenvalue weighted by atomic mass is 10.1. The molecule has 2 aromatic rings. The quantitative estimate of drug-likeness (QED) is 0.942. The number of piperazine rings is 1. The second-order valence-corrected chi connectivity index (χ2v) is 6.09. The molecular formula is C18H20ClN3O. The van der Waals surface area contributed by atoms with Gasteiger partial charge in [0, 0.05) is 49.0 Å². The van der Waals surface area contributed by atoms with Crippen LogP contribution in [0.1, 0.15) is 15.9 Å². The van der Waals surface area contributed by atoms with Crippen LogP contribution in [0.4, 0.5) is 5.69 Å². The zero-order valence-corrected chi connectivity index (χ0v) is 13.7. The summed E-state index contributed by atoms with van der Waals surface area (Å²) in [7, 11) is 0. The minimum Gasteiger partial charge on any atom is -0.368 e. The summed E-state index contributed by atoms with van der Waals surface area (Å²) in [4.78, 5) is 16.7. The van der Waals surface area contributed by atoms with E-state index in [1.807, 2.05) is 53.4 Å². The third-order valence-corrected chi connectivity index (χ3v) is 4.45. The molecular weight excluding hydrogens is 310 g/mol. The lowest BCUT2D eigenvalue weighted by molar-refractivity contribution is 0.0747. The Morgan fingerprint density at radius 1 is 0.957 bits per heavy atom. The maximum atomic E-state index is 12.5. The van der Waals surface area contributed by atoms with E-state index in [0.29, 0.717) is 6.54 Å².